The van der Waals surface area contributed by atoms with Crippen molar-refractivity contribution in [1.29, 1.82) is 0 Å². The highest BCUT2D eigenvalue weighted by Gasteiger charge is 2.33. The molecule has 0 spiro atoms. The zero-order valence-electron chi connectivity index (χ0n) is 14.5. The van der Waals surface area contributed by atoms with Crippen LogP contribution in [0.2, 0.25) is 0 Å². The number of hydrogen-bond donors (Lipinski definition) is 1. The highest BCUT2D eigenvalue weighted by atomic mass is 19.1. The van der Waals surface area contributed by atoms with Crippen LogP contribution in [0.1, 0.15) is 13.3 Å². The van der Waals surface area contributed by atoms with Gasteiger partial charge in [-0.3, -0.25) is 9.69 Å². The summed E-state index contributed by atoms with van der Waals surface area (Å²) >= 11 is 0. The van der Waals surface area contributed by atoms with Crippen molar-refractivity contribution in [2.24, 2.45) is 0 Å². The van der Waals surface area contributed by atoms with Crippen LogP contribution < -0.4 is 15.1 Å². The van der Waals surface area contributed by atoms with Crippen molar-refractivity contribution in [3.63, 3.8) is 0 Å². The van der Waals surface area contributed by atoms with Gasteiger partial charge < -0.3 is 19.7 Å². The van der Waals surface area contributed by atoms with Crippen molar-refractivity contribution in [2.75, 3.05) is 49.2 Å². The summed E-state index contributed by atoms with van der Waals surface area (Å²) < 4.78 is 39.6. The molecule has 2 saturated heterocycles. The molecule has 1 atom stereocenters. The molecule has 0 saturated carbocycles. The van der Waals surface area contributed by atoms with E-state index in [1.807, 2.05) is 0 Å². The number of carbonyl (C=O) groups is 2. The summed E-state index contributed by atoms with van der Waals surface area (Å²) in [7, 11) is 0. The van der Waals surface area contributed by atoms with Gasteiger partial charge in [0.2, 0.25) is 5.91 Å². The normalized spacial score (nSPS) is 20.7. The van der Waals surface area contributed by atoms with E-state index in [1.165, 1.54) is 6.92 Å². The number of anilines is 2. The number of hydrogen-bond acceptors (Lipinski definition) is 5. The number of cyclic esters (lactones) is 1. The number of carbonyl (C=O) groups excluding carboxylic acids is 2. The Hall–Kier alpha value is -2.42. The Labute approximate surface area is 149 Å². The Morgan fingerprint density at radius 3 is 2.69 bits per heavy atom. The van der Waals surface area contributed by atoms with Crippen LogP contribution in [0.5, 0.6) is 0 Å². The summed E-state index contributed by atoms with van der Waals surface area (Å²) in [5.74, 6) is -1.72. The van der Waals surface area contributed by atoms with E-state index >= 15 is 0 Å². The summed E-state index contributed by atoms with van der Waals surface area (Å²) in [5.41, 5.74) is -0.0215. The van der Waals surface area contributed by atoms with Crippen LogP contribution in [0.25, 0.3) is 0 Å². The number of benzene rings is 1. The van der Waals surface area contributed by atoms with E-state index in [2.05, 4.69) is 5.32 Å². The molecule has 2 amide bonds. The Bertz CT molecular complexity index is 670. The Kier molecular flexibility index (Phi) is 5.55. The largest absolute Gasteiger partial charge is 0.442 e. The van der Waals surface area contributed by atoms with Crippen LogP contribution in [0.4, 0.5) is 25.0 Å². The van der Waals surface area contributed by atoms with E-state index in [-0.39, 0.29) is 30.4 Å². The van der Waals surface area contributed by atoms with Crippen molar-refractivity contribution >= 4 is 23.4 Å². The van der Waals surface area contributed by atoms with Gasteiger partial charge in [-0.2, -0.15) is 0 Å². The summed E-state index contributed by atoms with van der Waals surface area (Å²) in [6.45, 7) is 3.47. The molecule has 1 aromatic rings. The van der Waals surface area contributed by atoms with Gasteiger partial charge in [0, 0.05) is 38.8 Å². The van der Waals surface area contributed by atoms with Crippen LogP contribution in [-0.4, -0.2) is 57.5 Å². The molecule has 2 fully saturated rings. The molecular formula is C17H21F2N3O4. The highest BCUT2D eigenvalue weighted by molar-refractivity contribution is 5.90. The second-order valence-corrected chi connectivity index (χ2v) is 6.26. The molecule has 142 valence electrons. The fraction of sp³-hybridized carbons (Fsp3) is 0.529. The van der Waals surface area contributed by atoms with Gasteiger partial charge in [-0.25, -0.2) is 13.6 Å². The summed E-state index contributed by atoms with van der Waals surface area (Å²) in [6, 6.07) is 2.26. The van der Waals surface area contributed by atoms with Crippen molar-refractivity contribution in [2.45, 2.75) is 19.4 Å². The third kappa shape index (κ3) is 4.04. The lowest BCUT2D eigenvalue weighted by atomic mass is 10.2. The zero-order valence-corrected chi connectivity index (χ0v) is 14.5. The average molecular weight is 369 g/mol. The van der Waals surface area contributed by atoms with Crippen LogP contribution in [0, 0.1) is 11.6 Å². The molecule has 0 unspecified atom stereocenters. The van der Waals surface area contributed by atoms with Gasteiger partial charge in [0.25, 0.3) is 0 Å². The number of halogens is 2. The SMILES string of the molecule is CC(=O)NC[C@H]1CN(c2cc(F)c(N3CCCOCC3)c(F)c2)C(=O)O1. The lowest BCUT2D eigenvalue weighted by molar-refractivity contribution is -0.119. The van der Waals surface area contributed by atoms with Gasteiger partial charge in [-0.15, -0.1) is 0 Å². The number of nitrogens with one attached hydrogen (secondary N) is 1. The maximum absolute atomic E-state index is 14.6. The van der Waals surface area contributed by atoms with Crippen LogP contribution in [-0.2, 0) is 14.3 Å². The zero-order chi connectivity index (χ0) is 18.7. The number of ether oxygens (including phenoxy) is 2. The molecule has 0 radical (unpaired) electrons. The van der Waals surface area contributed by atoms with E-state index in [0.717, 1.165) is 17.0 Å². The molecule has 0 bridgehead atoms. The van der Waals surface area contributed by atoms with Crippen molar-refractivity contribution < 1.29 is 27.8 Å². The first-order valence-electron chi connectivity index (χ1n) is 8.50. The smallest absolute Gasteiger partial charge is 0.414 e. The lowest BCUT2D eigenvalue weighted by Gasteiger charge is -2.24. The number of nitrogens with zero attached hydrogens (tertiary/aromatic N) is 2. The second-order valence-electron chi connectivity index (χ2n) is 6.26. The van der Waals surface area contributed by atoms with Gasteiger partial charge in [0.15, 0.2) is 11.6 Å². The molecule has 2 aliphatic rings. The minimum atomic E-state index is -0.736. The molecule has 9 heteroatoms. The van der Waals surface area contributed by atoms with Gasteiger partial charge in [-0.05, 0) is 6.42 Å². The molecule has 1 aromatic carbocycles. The van der Waals surface area contributed by atoms with E-state index in [1.54, 1.807) is 4.90 Å². The third-order valence-electron chi connectivity index (χ3n) is 4.30. The summed E-state index contributed by atoms with van der Waals surface area (Å²) in [4.78, 5) is 25.7. The van der Waals surface area contributed by atoms with Gasteiger partial charge in [0.1, 0.15) is 11.8 Å². The molecule has 1 N–H and O–H groups in total. The van der Waals surface area contributed by atoms with E-state index in [4.69, 9.17) is 9.47 Å². The van der Waals surface area contributed by atoms with Gasteiger partial charge in [-0.1, -0.05) is 0 Å². The van der Waals surface area contributed by atoms with Crippen LogP contribution in [0.3, 0.4) is 0 Å². The van der Waals surface area contributed by atoms with E-state index in [0.29, 0.717) is 32.7 Å². The predicted molar refractivity (Wildman–Crippen MR) is 90.3 cm³/mol. The summed E-state index contributed by atoms with van der Waals surface area (Å²) in [5, 5.41) is 2.55. The van der Waals surface area contributed by atoms with Crippen molar-refractivity contribution in [3.8, 4) is 0 Å². The fourth-order valence-electron chi connectivity index (χ4n) is 3.08. The standard InChI is InChI=1S/C17H21F2N3O4/c1-11(23)20-9-13-10-22(17(24)26-13)12-7-14(18)16(15(19)8-12)21-3-2-5-25-6-4-21/h7-8,13H,2-6,9-10H2,1H3,(H,20,23)/t13-/m0/s1. The Morgan fingerprint density at radius 2 is 2.00 bits per heavy atom. The van der Waals surface area contributed by atoms with E-state index < -0.39 is 23.8 Å². The third-order valence-corrected chi connectivity index (χ3v) is 4.30. The first-order chi connectivity index (χ1) is 12.5. The topological polar surface area (TPSA) is 71.1 Å². The minimum Gasteiger partial charge on any atom is -0.442 e. The molecule has 2 aliphatic heterocycles. The van der Waals surface area contributed by atoms with E-state index in [9.17, 15) is 18.4 Å². The number of amides is 2. The maximum Gasteiger partial charge on any atom is 0.414 e. The molecular weight excluding hydrogens is 348 g/mol. The monoisotopic (exact) mass is 369 g/mol. The highest BCUT2D eigenvalue weighted by Crippen LogP contribution is 2.31. The molecule has 3 rings (SSSR count). The van der Waals surface area contributed by atoms with Crippen LogP contribution >= 0.6 is 0 Å². The second kappa shape index (κ2) is 7.86. The molecule has 7 nitrogen and oxygen atoms in total. The fourth-order valence-corrected chi connectivity index (χ4v) is 3.08. The first-order valence-corrected chi connectivity index (χ1v) is 8.50. The quantitative estimate of drug-likeness (QED) is 0.874. The molecule has 0 aromatic heterocycles. The maximum atomic E-state index is 14.6. The summed E-state index contributed by atoms with van der Waals surface area (Å²) in [6.07, 6.45) is -0.584. The number of rotatable bonds is 4. The Morgan fingerprint density at radius 1 is 1.27 bits per heavy atom. The molecule has 2 heterocycles. The molecule has 0 aliphatic carbocycles. The minimum absolute atomic E-state index is 0.0881. The van der Waals surface area contributed by atoms with Crippen molar-refractivity contribution in [3.05, 3.63) is 23.8 Å². The van der Waals surface area contributed by atoms with Gasteiger partial charge >= 0.3 is 6.09 Å². The molecule has 26 heavy (non-hydrogen) atoms. The van der Waals surface area contributed by atoms with Crippen molar-refractivity contribution in [1.82, 2.24) is 5.32 Å². The van der Waals surface area contributed by atoms with Crippen LogP contribution in [0.15, 0.2) is 12.1 Å². The Balaban J connectivity index is 1.77. The first kappa shape index (κ1) is 18.4. The van der Waals surface area contributed by atoms with Gasteiger partial charge in [0.05, 0.1) is 25.4 Å². The average Bonchev–Trinajstić information content (AvgIpc) is 2.77. The predicted octanol–water partition coefficient (Wildman–Crippen LogP) is 1.65. The lowest BCUT2D eigenvalue weighted by Crippen LogP contribution is -2.33.